The topological polar surface area (TPSA) is 72.4 Å². The Morgan fingerprint density at radius 3 is 2.78 bits per heavy atom. The van der Waals surface area contributed by atoms with Gasteiger partial charge in [-0.1, -0.05) is 42.7 Å². The van der Waals surface area contributed by atoms with Crippen LogP contribution >= 0.6 is 11.6 Å². The van der Waals surface area contributed by atoms with Crippen molar-refractivity contribution in [2.45, 2.75) is 26.3 Å². The molecule has 1 amide bonds. The number of carbonyl (C=O) groups is 1. The Kier molecular flexibility index (Phi) is 5.80. The van der Waals surface area contributed by atoms with Gasteiger partial charge in [-0.05, 0) is 24.5 Å². The molecule has 6 heteroatoms. The Labute approximate surface area is 141 Å². The molecule has 0 saturated heterocycles. The highest BCUT2D eigenvalue weighted by atomic mass is 35.5. The van der Waals surface area contributed by atoms with E-state index < -0.39 is 0 Å². The lowest BCUT2D eigenvalue weighted by molar-refractivity contribution is 0.0779. The van der Waals surface area contributed by atoms with Crippen molar-refractivity contribution in [3.05, 3.63) is 41.0 Å². The summed E-state index contributed by atoms with van der Waals surface area (Å²) in [5, 5.41) is 4.47. The van der Waals surface area contributed by atoms with E-state index in [4.69, 9.17) is 21.9 Å². The van der Waals surface area contributed by atoms with Gasteiger partial charge in [0.25, 0.3) is 5.91 Å². The number of hydrogen-bond donors (Lipinski definition) is 1. The van der Waals surface area contributed by atoms with Crippen LogP contribution in [-0.4, -0.2) is 35.6 Å². The summed E-state index contributed by atoms with van der Waals surface area (Å²) in [7, 11) is 1.74. The van der Waals surface area contributed by atoms with Crippen LogP contribution in [0.2, 0.25) is 5.02 Å². The fourth-order valence-corrected chi connectivity index (χ4v) is 2.32. The maximum Gasteiger partial charge on any atom is 0.275 e. The van der Waals surface area contributed by atoms with Crippen LogP contribution in [-0.2, 0) is 0 Å². The first kappa shape index (κ1) is 17.5. The van der Waals surface area contributed by atoms with E-state index in [9.17, 15) is 4.79 Å². The van der Waals surface area contributed by atoms with Crippen LogP contribution in [0.15, 0.2) is 34.9 Å². The van der Waals surface area contributed by atoms with Gasteiger partial charge in [-0.15, -0.1) is 0 Å². The van der Waals surface area contributed by atoms with Gasteiger partial charge in [0.15, 0.2) is 11.5 Å². The summed E-state index contributed by atoms with van der Waals surface area (Å²) in [6.07, 6.45) is 0.749. The Morgan fingerprint density at radius 2 is 2.13 bits per heavy atom. The zero-order valence-electron chi connectivity index (χ0n) is 13.6. The molecule has 0 aliphatic heterocycles. The van der Waals surface area contributed by atoms with Gasteiger partial charge in [-0.3, -0.25) is 4.79 Å². The van der Waals surface area contributed by atoms with Gasteiger partial charge in [0, 0.05) is 36.3 Å². The molecule has 1 atom stereocenters. The second-order valence-electron chi connectivity index (χ2n) is 6.01. The Bertz CT molecular complexity index is 669. The first-order valence-corrected chi connectivity index (χ1v) is 8.00. The van der Waals surface area contributed by atoms with Crippen molar-refractivity contribution in [1.29, 1.82) is 0 Å². The summed E-state index contributed by atoms with van der Waals surface area (Å²) in [5.41, 5.74) is 7.08. The average Bonchev–Trinajstić information content (AvgIpc) is 3.01. The highest BCUT2D eigenvalue weighted by Crippen LogP contribution is 2.23. The number of carbonyl (C=O) groups excluding carboxylic acids is 1. The number of benzene rings is 1. The normalized spacial score (nSPS) is 12.4. The molecule has 2 aromatic rings. The number of halogens is 1. The minimum absolute atomic E-state index is 0.0737. The number of nitrogens with zero attached hydrogens (tertiary/aromatic N) is 2. The molecule has 5 nitrogen and oxygen atoms in total. The third-order valence-electron chi connectivity index (χ3n) is 3.84. The molecule has 0 saturated carbocycles. The average molecular weight is 336 g/mol. The second-order valence-corrected chi connectivity index (χ2v) is 6.45. The van der Waals surface area contributed by atoms with Crippen LogP contribution in [0.4, 0.5) is 0 Å². The quantitative estimate of drug-likeness (QED) is 0.877. The molecule has 0 radical (unpaired) electrons. The van der Waals surface area contributed by atoms with Gasteiger partial charge in [-0.25, -0.2) is 0 Å². The van der Waals surface area contributed by atoms with Crippen molar-refractivity contribution in [2.24, 2.45) is 11.7 Å². The van der Waals surface area contributed by atoms with Crippen molar-refractivity contribution in [3.63, 3.8) is 0 Å². The van der Waals surface area contributed by atoms with Gasteiger partial charge in [0.05, 0.1) is 0 Å². The van der Waals surface area contributed by atoms with Gasteiger partial charge >= 0.3 is 0 Å². The Hall–Kier alpha value is -1.85. The predicted octanol–water partition coefficient (Wildman–Crippen LogP) is 3.44. The zero-order chi connectivity index (χ0) is 17.0. The van der Waals surface area contributed by atoms with Crippen molar-refractivity contribution in [2.75, 3.05) is 13.6 Å². The molecular formula is C17H22ClN3O2. The number of hydrogen-bond acceptors (Lipinski definition) is 4. The van der Waals surface area contributed by atoms with Crippen LogP contribution in [0, 0.1) is 5.92 Å². The number of nitrogens with two attached hydrogens (primary N) is 1. The van der Waals surface area contributed by atoms with Crippen LogP contribution in [0.1, 0.15) is 30.8 Å². The van der Waals surface area contributed by atoms with Gasteiger partial charge < -0.3 is 15.2 Å². The highest BCUT2D eigenvalue weighted by Gasteiger charge is 2.19. The van der Waals surface area contributed by atoms with Gasteiger partial charge in [-0.2, -0.15) is 0 Å². The van der Waals surface area contributed by atoms with Crippen molar-refractivity contribution in [3.8, 4) is 11.3 Å². The minimum Gasteiger partial charge on any atom is -0.355 e. The summed E-state index contributed by atoms with van der Waals surface area (Å²) >= 11 is 5.96. The molecule has 0 fully saturated rings. The van der Waals surface area contributed by atoms with E-state index in [1.54, 1.807) is 30.1 Å². The first-order valence-electron chi connectivity index (χ1n) is 7.62. The van der Waals surface area contributed by atoms with Crippen molar-refractivity contribution >= 4 is 17.5 Å². The molecule has 1 aromatic carbocycles. The number of amides is 1. The summed E-state index contributed by atoms with van der Waals surface area (Å²) in [4.78, 5) is 14.0. The number of aromatic nitrogens is 1. The van der Waals surface area contributed by atoms with Crippen molar-refractivity contribution in [1.82, 2.24) is 10.1 Å². The van der Waals surface area contributed by atoms with Crippen molar-refractivity contribution < 1.29 is 9.32 Å². The second kappa shape index (κ2) is 7.62. The molecule has 2 N–H and O–H groups in total. The summed E-state index contributed by atoms with van der Waals surface area (Å²) < 4.78 is 5.26. The van der Waals surface area contributed by atoms with Crippen LogP contribution in [0.5, 0.6) is 0 Å². The maximum atomic E-state index is 12.4. The predicted molar refractivity (Wildman–Crippen MR) is 91.3 cm³/mol. The molecule has 124 valence electrons. The fourth-order valence-electron chi connectivity index (χ4n) is 2.13. The summed E-state index contributed by atoms with van der Waals surface area (Å²) in [6, 6.07) is 8.92. The molecule has 1 aromatic heterocycles. The van der Waals surface area contributed by atoms with Crippen LogP contribution in [0.3, 0.4) is 0 Å². The van der Waals surface area contributed by atoms with Gasteiger partial charge in [0.2, 0.25) is 0 Å². The molecule has 2 rings (SSSR count). The molecule has 0 bridgehead atoms. The molecule has 23 heavy (non-hydrogen) atoms. The lowest BCUT2D eigenvalue weighted by Crippen LogP contribution is -2.34. The lowest BCUT2D eigenvalue weighted by atomic mass is 10.0. The number of rotatable bonds is 6. The molecule has 0 spiro atoms. The Balaban J connectivity index is 2.03. The van der Waals surface area contributed by atoms with E-state index in [-0.39, 0.29) is 17.6 Å². The third-order valence-corrected chi connectivity index (χ3v) is 4.07. The van der Waals surface area contributed by atoms with E-state index in [1.807, 2.05) is 12.1 Å². The zero-order valence-corrected chi connectivity index (χ0v) is 14.4. The Morgan fingerprint density at radius 1 is 1.39 bits per heavy atom. The van der Waals surface area contributed by atoms with E-state index >= 15 is 0 Å². The smallest absolute Gasteiger partial charge is 0.275 e. The first-order chi connectivity index (χ1) is 10.9. The summed E-state index contributed by atoms with van der Waals surface area (Å²) in [5.74, 6) is 0.723. The minimum atomic E-state index is -0.182. The molecule has 0 aliphatic rings. The van der Waals surface area contributed by atoms with E-state index in [0.29, 0.717) is 23.2 Å². The fraction of sp³-hybridized carbons (Fsp3) is 0.412. The highest BCUT2D eigenvalue weighted by molar-refractivity contribution is 6.30. The molecule has 1 unspecified atom stereocenters. The van der Waals surface area contributed by atoms with Crippen LogP contribution < -0.4 is 5.73 Å². The van der Waals surface area contributed by atoms with E-state index in [1.165, 1.54) is 0 Å². The third kappa shape index (κ3) is 4.56. The standard InChI is InChI=1S/C17H22ClN3O2/c1-11(2)14(19)7-8-21(3)17(22)15-10-16(23-20-15)12-5-4-6-13(18)9-12/h4-6,9-11,14H,7-8,19H2,1-3H3. The van der Waals surface area contributed by atoms with E-state index in [2.05, 4.69) is 19.0 Å². The molecule has 1 heterocycles. The van der Waals surface area contributed by atoms with Gasteiger partial charge in [0.1, 0.15) is 0 Å². The lowest BCUT2D eigenvalue weighted by Gasteiger charge is -2.20. The summed E-state index contributed by atoms with van der Waals surface area (Å²) in [6.45, 7) is 4.72. The maximum absolute atomic E-state index is 12.4. The van der Waals surface area contributed by atoms with Crippen LogP contribution in [0.25, 0.3) is 11.3 Å². The SMILES string of the molecule is CC(C)C(N)CCN(C)C(=O)c1cc(-c2cccc(Cl)c2)on1. The molecule has 0 aliphatic carbocycles. The monoisotopic (exact) mass is 335 g/mol. The largest absolute Gasteiger partial charge is 0.355 e. The molecular weight excluding hydrogens is 314 g/mol. The van der Waals surface area contributed by atoms with E-state index in [0.717, 1.165) is 12.0 Å².